The minimum Gasteiger partial charge on any atom is -0.497 e. The van der Waals surface area contributed by atoms with E-state index in [2.05, 4.69) is 4.98 Å². The first-order valence-corrected chi connectivity index (χ1v) is 10.7. The van der Waals surface area contributed by atoms with E-state index in [0.717, 1.165) is 0 Å². The number of nitrogens with zero attached hydrogens (tertiary/aromatic N) is 1. The predicted molar refractivity (Wildman–Crippen MR) is 112 cm³/mol. The molecule has 0 atom stereocenters. The van der Waals surface area contributed by atoms with E-state index in [1.165, 1.54) is 25.1 Å². The lowest BCUT2D eigenvalue weighted by atomic mass is 10.2. The van der Waals surface area contributed by atoms with Gasteiger partial charge in [-0.25, -0.2) is 18.2 Å². The first-order chi connectivity index (χ1) is 14.4. The average Bonchev–Trinajstić information content (AvgIpc) is 3.14. The van der Waals surface area contributed by atoms with Crippen LogP contribution in [0.4, 0.5) is 0 Å². The van der Waals surface area contributed by atoms with Crippen molar-refractivity contribution in [1.82, 2.24) is 4.98 Å². The van der Waals surface area contributed by atoms with Crippen LogP contribution in [0, 0.1) is 6.92 Å². The molecule has 0 aliphatic carbocycles. The number of rotatable bonds is 7. The molecule has 0 radical (unpaired) electrons. The number of carbonyl (C=O) groups excluding carboxylic acids is 1. The molecule has 0 bridgehead atoms. The van der Waals surface area contributed by atoms with Gasteiger partial charge in [-0.2, -0.15) is 0 Å². The van der Waals surface area contributed by atoms with Gasteiger partial charge in [0.15, 0.2) is 5.69 Å². The third-order valence-corrected chi connectivity index (χ3v) is 6.00. The van der Waals surface area contributed by atoms with Crippen molar-refractivity contribution in [1.29, 1.82) is 0 Å². The van der Waals surface area contributed by atoms with Crippen molar-refractivity contribution in [3.8, 4) is 5.75 Å². The van der Waals surface area contributed by atoms with Crippen molar-refractivity contribution < 1.29 is 27.1 Å². The summed E-state index contributed by atoms with van der Waals surface area (Å²) in [6.07, 6.45) is 1.45. The first kappa shape index (κ1) is 21.3. The molecule has 0 N–H and O–H groups in total. The summed E-state index contributed by atoms with van der Waals surface area (Å²) in [5.41, 5.74) is 0.537. The number of sulfone groups is 1. The summed E-state index contributed by atoms with van der Waals surface area (Å²) in [6, 6.07) is 14.8. The molecular formula is C22H21NO6S. The van der Waals surface area contributed by atoms with Crippen molar-refractivity contribution in [2.24, 2.45) is 0 Å². The third kappa shape index (κ3) is 4.44. The molecule has 0 spiro atoms. The van der Waals surface area contributed by atoms with E-state index >= 15 is 0 Å². The monoisotopic (exact) mass is 427 g/mol. The Labute approximate surface area is 174 Å². The fraction of sp³-hybridized carbons (Fsp3) is 0.182. The van der Waals surface area contributed by atoms with E-state index in [9.17, 15) is 13.2 Å². The molecule has 156 valence electrons. The zero-order chi connectivity index (χ0) is 21.7. The maximum atomic E-state index is 13.4. The normalized spacial score (nSPS) is 11.9. The lowest BCUT2D eigenvalue weighted by Crippen LogP contribution is -2.08. The largest absolute Gasteiger partial charge is 0.497 e. The van der Waals surface area contributed by atoms with Crippen molar-refractivity contribution in [2.45, 2.75) is 18.7 Å². The maximum absolute atomic E-state index is 13.4. The van der Waals surface area contributed by atoms with Crippen LogP contribution in [0.1, 0.15) is 34.6 Å². The van der Waals surface area contributed by atoms with Gasteiger partial charge in [0, 0.05) is 0 Å². The number of aryl methyl sites for hydroxylation is 1. The molecule has 2 aromatic carbocycles. The van der Waals surface area contributed by atoms with Crippen LogP contribution in [0.3, 0.4) is 0 Å². The molecular weight excluding hydrogens is 406 g/mol. The van der Waals surface area contributed by atoms with Gasteiger partial charge in [0.25, 0.3) is 0 Å². The van der Waals surface area contributed by atoms with Crippen molar-refractivity contribution in [2.75, 3.05) is 13.7 Å². The molecule has 0 amide bonds. The Kier molecular flexibility index (Phi) is 6.37. The molecule has 8 heteroatoms. The number of esters is 1. The van der Waals surface area contributed by atoms with Gasteiger partial charge in [-0.15, -0.1) is 0 Å². The van der Waals surface area contributed by atoms with Gasteiger partial charge in [-0.3, -0.25) is 0 Å². The first-order valence-electron chi connectivity index (χ1n) is 9.17. The molecule has 3 rings (SSSR count). The summed E-state index contributed by atoms with van der Waals surface area (Å²) in [6.45, 7) is 3.36. The van der Waals surface area contributed by atoms with Crippen molar-refractivity contribution >= 4 is 26.8 Å². The Morgan fingerprint density at radius 3 is 2.37 bits per heavy atom. The number of hydrogen-bond donors (Lipinski definition) is 0. The fourth-order valence-electron chi connectivity index (χ4n) is 2.72. The topological polar surface area (TPSA) is 95.7 Å². The summed E-state index contributed by atoms with van der Waals surface area (Å²) >= 11 is 0. The zero-order valence-electron chi connectivity index (χ0n) is 16.8. The summed E-state index contributed by atoms with van der Waals surface area (Å²) in [5, 5.41) is 0. The third-order valence-electron chi connectivity index (χ3n) is 4.23. The van der Waals surface area contributed by atoms with E-state index < -0.39 is 15.8 Å². The summed E-state index contributed by atoms with van der Waals surface area (Å²) in [5.74, 6) is -0.0512. The highest BCUT2D eigenvalue weighted by Crippen LogP contribution is 2.31. The molecule has 0 unspecified atom stereocenters. The highest BCUT2D eigenvalue weighted by atomic mass is 32.2. The van der Waals surface area contributed by atoms with Gasteiger partial charge < -0.3 is 13.9 Å². The molecule has 1 heterocycles. The number of hydrogen-bond acceptors (Lipinski definition) is 7. The Bertz CT molecular complexity index is 1160. The van der Waals surface area contributed by atoms with E-state index in [-0.39, 0.29) is 33.8 Å². The Balaban J connectivity index is 2.16. The molecule has 0 aliphatic rings. The number of carbonyl (C=O) groups is 1. The van der Waals surface area contributed by atoms with Crippen LogP contribution in [-0.4, -0.2) is 33.1 Å². The van der Waals surface area contributed by atoms with E-state index in [1.54, 1.807) is 56.5 Å². The second-order valence-corrected chi connectivity index (χ2v) is 8.16. The summed E-state index contributed by atoms with van der Waals surface area (Å²) in [4.78, 5) is 16.2. The van der Waals surface area contributed by atoms with Crippen LogP contribution < -0.4 is 4.74 Å². The van der Waals surface area contributed by atoms with Crippen LogP contribution in [0.25, 0.3) is 11.0 Å². The second kappa shape index (κ2) is 8.96. The molecule has 0 saturated heterocycles. The van der Waals surface area contributed by atoms with Crippen LogP contribution in [0.5, 0.6) is 5.75 Å². The SMILES string of the molecule is CCOC(=O)c1nc(/C(=C\c2ccc(OC)cc2)S(=O)(=O)c2ccccc2)oc1C. The molecule has 30 heavy (non-hydrogen) atoms. The van der Waals surface area contributed by atoms with Crippen LogP contribution in [0.15, 0.2) is 63.9 Å². The number of benzene rings is 2. The minimum atomic E-state index is -3.99. The van der Waals surface area contributed by atoms with Crippen molar-refractivity contribution in [3.63, 3.8) is 0 Å². The predicted octanol–water partition coefficient (Wildman–Crippen LogP) is 4.14. The molecule has 3 aromatic rings. The van der Waals surface area contributed by atoms with Crippen LogP contribution in [-0.2, 0) is 14.6 Å². The summed E-state index contributed by atoms with van der Waals surface area (Å²) in [7, 11) is -2.44. The Morgan fingerprint density at radius 2 is 1.77 bits per heavy atom. The molecule has 0 fully saturated rings. The van der Waals surface area contributed by atoms with E-state index in [0.29, 0.717) is 11.3 Å². The zero-order valence-corrected chi connectivity index (χ0v) is 17.6. The van der Waals surface area contributed by atoms with E-state index in [4.69, 9.17) is 13.9 Å². The van der Waals surface area contributed by atoms with Crippen molar-refractivity contribution in [3.05, 3.63) is 77.5 Å². The number of ether oxygens (including phenoxy) is 2. The molecule has 1 aromatic heterocycles. The van der Waals surface area contributed by atoms with Gasteiger partial charge in [-0.05, 0) is 49.8 Å². The molecule has 0 saturated carbocycles. The van der Waals surface area contributed by atoms with E-state index in [1.807, 2.05) is 0 Å². The van der Waals surface area contributed by atoms with Crippen LogP contribution >= 0.6 is 0 Å². The highest BCUT2D eigenvalue weighted by Gasteiger charge is 2.29. The quantitative estimate of drug-likeness (QED) is 0.523. The number of oxazole rings is 1. The van der Waals surface area contributed by atoms with Gasteiger partial charge >= 0.3 is 5.97 Å². The minimum absolute atomic E-state index is 0.0595. The maximum Gasteiger partial charge on any atom is 0.360 e. The fourth-order valence-corrected chi connectivity index (χ4v) is 4.10. The Hall–Kier alpha value is -3.39. The number of aromatic nitrogens is 1. The Morgan fingerprint density at radius 1 is 1.10 bits per heavy atom. The van der Waals surface area contributed by atoms with Crippen LogP contribution in [0.2, 0.25) is 0 Å². The number of methoxy groups -OCH3 is 1. The standard InChI is InChI=1S/C22H21NO6S/c1-4-28-22(24)20-15(2)29-21(23-20)19(14-16-10-12-17(27-3)13-11-16)30(25,26)18-8-6-5-7-9-18/h5-14H,4H2,1-3H3/b19-14+. The average molecular weight is 427 g/mol. The summed E-state index contributed by atoms with van der Waals surface area (Å²) < 4.78 is 42.4. The lowest BCUT2D eigenvalue weighted by Gasteiger charge is -2.07. The van der Waals surface area contributed by atoms with Gasteiger partial charge in [0.05, 0.1) is 18.6 Å². The van der Waals surface area contributed by atoms with Gasteiger partial charge in [-0.1, -0.05) is 30.3 Å². The van der Waals surface area contributed by atoms with Gasteiger partial charge in [0.1, 0.15) is 16.4 Å². The molecule has 0 aliphatic heterocycles. The lowest BCUT2D eigenvalue weighted by molar-refractivity contribution is 0.0518. The smallest absolute Gasteiger partial charge is 0.360 e. The highest BCUT2D eigenvalue weighted by molar-refractivity contribution is 8.00. The van der Waals surface area contributed by atoms with Gasteiger partial charge in [0.2, 0.25) is 15.7 Å². The molecule has 7 nitrogen and oxygen atoms in total. The second-order valence-electron chi connectivity index (χ2n) is 6.24.